The average molecular weight is 275 g/mol. The van der Waals surface area contributed by atoms with Crippen molar-refractivity contribution < 1.29 is 13.2 Å². The van der Waals surface area contributed by atoms with Crippen molar-refractivity contribution in [2.45, 2.75) is 44.3 Å². The molecule has 0 saturated heterocycles. The summed E-state index contributed by atoms with van der Waals surface area (Å²) in [5.74, 6) is 5.80. The minimum absolute atomic E-state index is 0.0567. The molecule has 5 nitrogen and oxygen atoms in total. The molecule has 1 heterocycles. The van der Waals surface area contributed by atoms with Crippen LogP contribution in [-0.2, 0) is 0 Å². The summed E-state index contributed by atoms with van der Waals surface area (Å²) in [6.45, 7) is 3.69. The highest BCUT2D eigenvalue weighted by Crippen LogP contribution is 2.51. The SMILES string of the molecule is CC(C)c1c(NN)ncnc1NC1(C(F)(F)F)CC1. The minimum atomic E-state index is -4.29. The van der Waals surface area contributed by atoms with Gasteiger partial charge in [0.05, 0.1) is 0 Å². The van der Waals surface area contributed by atoms with Crippen molar-refractivity contribution in [3.05, 3.63) is 11.9 Å². The topological polar surface area (TPSA) is 75.9 Å². The van der Waals surface area contributed by atoms with Crippen molar-refractivity contribution in [2.24, 2.45) is 5.84 Å². The van der Waals surface area contributed by atoms with Gasteiger partial charge in [0, 0.05) is 5.56 Å². The number of halogens is 3. The van der Waals surface area contributed by atoms with Gasteiger partial charge < -0.3 is 10.7 Å². The lowest BCUT2D eigenvalue weighted by molar-refractivity contribution is -0.151. The van der Waals surface area contributed by atoms with Crippen molar-refractivity contribution in [1.82, 2.24) is 9.97 Å². The van der Waals surface area contributed by atoms with Gasteiger partial charge in [-0.15, -0.1) is 0 Å². The number of nitrogens with zero attached hydrogens (tertiary/aromatic N) is 2. The second-order valence-corrected chi connectivity index (χ2v) is 4.99. The first-order valence-electron chi connectivity index (χ1n) is 5.97. The zero-order valence-electron chi connectivity index (χ0n) is 10.7. The second kappa shape index (κ2) is 4.52. The average Bonchev–Trinajstić information content (AvgIpc) is 3.08. The summed E-state index contributed by atoms with van der Waals surface area (Å²) < 4.78 is 38.9. The maximum absolute atomic E-state index is 13.0. The summed E-state index contributed by atoms with van der Waals surface area (Å²) in [5, 5.41) is 2.52. The monoisotopic (exact) mass is 275 g/mol. The van der Waals surface area contributed by atoms with Gasteiger partial charge in [-0.1, -0.05) is 13.8 Å². The number of anilines is 2. The Kier molecular flexibility index (Phi) is 3.29. The van der Waals surface area contributed by atoms with Crippen LogP contribution < -0.4 is 16.6 Å². The van der Waals surface area contributed by atoms with Gasteiger partial charge in [0.2, 0.25) is 0 Å². The molecule has 1 aromatic rings. The Hall–Kier alpha value is -1.57. The molecule has 0 aliphatic heterocycles. The van der Waals surface area contributed by atoms with Gasteiger partial charge in [0.1, 0.15) is 23.5 Å². The van der Waals surface area contributed by atoms with Gasteiger partial charge in [-0.2, -0.15) is 13.2 Å². The Morgan fingerprint density at radius 3 is 2.26 bits per heavy atom. The number of nitrogen functional groups attached to an aromatic ring is 1. The van der Waals surface area contributed by atoms with Gasteiger partial charge in [-0.3, -0.25) is 0 Å². The van der Waals surface area contributed by atoms with Crippen LogP contribution in [0.3, 0.4) is 0 Å². The van der Waals surface area contributed by atoms with Crippen LogP contribution in [0.25, 0.3) is 0 Å². The van der Waals surface area contributed by atoms with E-state index in [1.807, 2.05) is 13.8 Å². The molecule has 0 atom stereocenters. The first kappa shape index (κ1) is 13.9. The summed E-state index contributed by atoms with van der Waals surface area (Å²) in [4.78, 5) is 7.85. The van der Waals surface area contributed by atoms with E-state index >= 15 is 0 Å². The van der Waals surface area contributed by atoms with Gasteiger partial charge in [-0.05, 0) is 18.8 Å². The molecule has 8 heteroatoms. The number of hydrogen-bond donors (Lipinski definition) is 3. The van der Waals surface area contributed by atoms with Crippen molar-refractivity contribution in [2.75, 3.05) is 10.7 Å². The molecule has 0 amide bonds. The molecule has 1 saturated carbocycles. The molecule has 0 bridgehead atoms. The van der Waals surface area contributed by atoms with Crippen LogP contribution in [0.1, 0.15) is 38.2 Å². The first-order chi connectivity index (χ1) is 8.81. The zero-order chi connectivity index (χ0) is 14.3. The van der Waals surface area contributed by atoms with E-state index in [2.05, 4.69) is 20.7 Å². The number of alkyl halides is 3. The van der Waals surface area contributed by atoms with E-state index in [0.29, 0.717) is 11.4 Å². The molecule has 1 fully saturated rings. The maximum Gasteiger partial charge on any atom is 0.411 e. The number of nitrogens with two attached hydrogens (primary N) is 1. The third kappa shape index (κ3) is 2.44. The first-order valence-corrected chi connectivity index (χ1v) is 5.97. The van der Waals surface area contributed by atoms with Gasteiger partial charge in [0.25, 0.3) is 0 Å². The third-order valence-corrected chi connectivity index (χ3v) is 3.25. The van der Waals surface area contributed by atoms with Crippen LogP contribution in [0, 0.1) is 0 Å². The van der Waals surface area contributed by atoms with Crippen LogP contribution in [0.2, 0.25) is 0 Å². The standard InChI is InChI=1S/C11H16F3N5/c1-6(2)7-8(16-5-17-9(7)19-15)18-10(3-4-10)11(12,13)14/h5-6H,3-4,15H2,1-2H3,(H2,16,17,18,19). The van der Waals surface area contributed by atoms with Crippen LogP contribution in [0.15, 0.2) is 6.33 Å². The quantitative estimate of drug-likeness (QED) is 0.581. The molecular formula is C11H16F3N5. The number of hydrazine groups is 1. The Morgan fingerprint density at radius 1 is 1.26 bits per heavy atom. The van der Waals surface area contributed by atoms with Crippen molar-refractivity contribution in [3.8, 4) is 0 Å². The predicted molar refractivity (Wildman–Crippen MR) is 65.6 cm³/mol. The highest BCUT2D eigenvalue weighted by atomic mass is 19.4. The normalized spacial score (nSPS) is 17.4. The Morgan fingerprint density at radius 2 is 1.84 bits per heavy atom. The molecule has 4 N–H and O–H groups in total. The van der Waals surface area contributed by atoms with Crippen LogP contribution in [0.4, 0.5) is 24.8 Å². The Bertz CT molecular complexity index is 468. The van der Waals surface area contributed by atoms with E-state index in [1.165, 1.54) is 6.33 Å². The molecule has 0 aromatic carbocycles. The van der Waals surface area contributed by atoms with Gasteiger partial charge >= 0.3 is 6.18 Å². The van der Waals surface area contributed by atoms with E-state index in [-0.39, 0.29) is 24.6 Å². The van der Waals surface area contributed by atoms with Crippen molar-refractivity contribution in [1.29, 1.82) is 0 Å². The fourth-order valence-corrected chi connectivity index (χ4v) is 1.99. The summed E-state index contributed by atoms with van der Waals surface area (Å²) >= 11 is 0. The van der Waals surface area contributed by atoms with Gasteiger partial charge in [-0.25, -0.2) is 15.8 Å². The molecule has 1 aliphatic rings. The Balaban J connectivity index is 2.36. The molecular weight excluding hydrogens is 259 g/mol. The lowest BCUT2D eigenvalue weighted by Crippen LogP contribution is -2.39. The van der Waals surface area contributed by atoms with Gasteiger partial charge in [0.15, 0.2) is 0 Å². The largest absolute Gasteiger partial charge is 0.411 e. The molecule has 0 radical (unpaired) electrons. The fourth-order valence-electron chi connectivity index (χ4n) is 1.99. The van der Waals surface area contributed by atoms with E-state index in [4.69, 9.17) is 5.84 Å². The summed E-state index contributed by atoms with van der Waals surface area (Å²) in [5.41, 5.74) is 1.10. The third-order valence-electron chi connectivity index (χ3n) is 3.25. The fraction of sp³-hybridized carbons (Fsp3) is 0.636. The smallest absolute Gasteiger partial charge is 0.356 e. The highest BCUT2D eigenvalue weighted by molar-refractivity contribution is 5.60. The van der Waals surface area contributed by atoms with Crippen molar-refractivity contribution >= 4 is 11.6 Å². The number of rotatable bonds is 4. The lowest BCUT2D eigenvalue weighted by Gasteiger charge is -2.24. The summed E-state index contributed by atoms with van der Waals surface area (Å²) in [6.07, 6.45) is -2.98. The number of aromatic nitrogens is 2. The number of hydrogen-bond acceptors (Lipinski definition) is 5. The van der Waals surface area contributed by atoms with Crippen LogP contribution in [-0.4, -0.2) is 21.7 Å². The molecule has 1 aliphatic carbocycles. The molecule has 1 aromatic heterocycles. The van der Waals surface area contributed by atoms with Crippen LogP contribution >= 0.6 is 0 Å². The highest BCUT2D eigenvalue weighted by Gasteiger charge is 2.64. The molecule has 106 valence electrons. The summed E-state index contributed by atoms with van der Waals surface area (Å²) in [6, 6.07) is 0. The Labute approximate surface area is 108 Å². The minimum Gasteiger partial charge on any atom is -0.356 e. The van der Waals surface area contributed by atoms with E-state index in [0.717, 1.165) is 0 Å². The summed E-state index contributed by atoms with van der Waals surface area (Å²) in [7, 11) is 0. The number of nitrogens with one attached hydrogen (secondary N) is 2. The molecule has 0 unspecified atom stereocenters. The van der Waals surface area contributed by atoms with E-state index < -0.39 is 11.7 Å². The predicted octanol–water partition coefficient (Wildman–Crippen LogP) is 2.39. The van der Waals surface area contributed by atoms with Crippen molar-refractivity contribution in [3.63, 3.8) is 0 Å². The molecule has 2 rings (SSSR count). The van der Waals surface area contributed by atoms with Crippen LogP contribution in [0.5, 0.6) is 0 Å². The second-order valence-electron chi connectivity index (χ2n) is 4.99. The zero-order valence-corrected chi connectivity index (χ0v) is 10.7. The lowest BCUT2D eigenvalue weighted by atomic mass is 10.0. The van der Waals surface area contributed by atoms with E-state index in [9.17, 15) is 13.2 Å². The van der Waals surface area contributed by atoms with E-state index in [1.54, 1.807) is 0 Å². The maximum atomic E-state index is 13.0. The molecule has 19 heavy (non-hydrogen) atoms. The molecule has 0 spiro atoms.